The van der Waals surface area contributed by atoms with Gasteiger partial charge in [-0.1, -0.05) is 23.7 Å². The third-order valence-corrected chi connectivity index (χ3v) is 3.72. The quantitative estimate of drug-likeness (QED) is 0.733. The number of carbonyl (C=O) groups is 1. The standard InChI is InChI=1S/C17H16ClN5O2/c1-12-5-6-14(10-16(12)23-11-19-21-22-23)20-17(24)7-8-25-15-4-2-3-13(18)9-15/h2-6,9-11H,7-8H2,1H3,(H,20,24). The topological polar surface area (TPSA) is 81.9 Å². The Morgan fingerprint density at radius 1 is 1.28 bits per heavy atom. The molecule has 0 saturated carbocycles. The highest BCUT2D eigenvalue weighted by molar-refractivity contribution is 6.30. The first-order valence-electron chi connectivity index (χ1n) is 7.64. The van der Waals surface area contributed by atoms with E-state index in [0.29, 0.717) is 16.5 Å². The van der Waals surface area contributed by atoms with Gasteiger partial charge in [0.05, 0.1) is 18.7 Å². The van der Waals surface area contributed by atoms with E-state index in [9.17, 15) is 4.79 Å². The zero-order chi connectivity index (χ0) is 17.6. The largest absolute Gasteiger partial charge is 0.493 e. The predicted octanol–water partition coefficient (Wildman–Crippen LogP) is 3.03. The predicted molar refractivity (Wildman–Crippen MR) is 94.1 cm³/mol. The molecule has 25 heavy (non-hydrogen) atoms. The molecule has 0 unspecified atom stereocenters. The molecular formula is C17H16ClN5O2. The van der Waals surface area contributed by atoms with Crippen LogP contribution in [0.15, 0.2) is 48.8 Å². The number of benzene rings is 2. The van der Waals surface area contributed by atoms with Crippen LogP contribution < -0.4 is 10.1 Å². The van der Waals surface area contributed by atoms with E-state index < -0.39 is 0 Å². The number of anilines is 1. The van der Waals surface area contributed by atoms with E-state index in [1.54, 1.807) is 28.9 Å². The van der Waals surface area contributed by atoms with Crippen LogP contribution in [0.4, 0.5) is 5.69 Å². The molecule has 1 amide bonds. The zero-order valence-electron chi connectivity index (χ0n) is 13.5. The number of nitrogens with one attached hydrogen (secondary N) is 1. The summed E-state index contributed by atoms with van der Waals surface area (Å²) >= 11 is 5.89. The summed E-state index contributed by atoms with van der Waals surface area (Å²) in [4.78, 5) is 12.1. The first-order chi connectivity index (χ1) is 12.1. The number of aromatic nitrogens is 4. The van der Waals surface area contributed by atoms with Gasteiger partial charge in [0.2, 0.25) is 5.91 Å². The molecule has 0 bridgehead atoms. The van der Waals surface area contributed by atoms with Crippen molar-refractivity contribution in [3.05, 3.63) is 59.4 Å². The maximum Gasteiger partial charge on any atom is 0.227 e. The van der Waals surface area contributed by atoms with Crippen LogP contribution in [0.5, 0.6) is 5.75 Å². The van der Waals surface area contributed by atoms with E-state index >= 15 is 0 Å². The molecule has 3 rings (SSSR count). The molecule has 0 radical (unpaired) electrons. The highest BCUT2D eigenvalue weighted by atomic mass is 35.5. The second kappa shape index (κ2) is 7.76. The lowest BCUT2D eigenvalue weighted by Crippen LogP contribution is -2.15. The first-order valence-corrected chi connectivity index (χ1v) is 8.02. The Balaban J connectivity index is 1.57. The summed E-state index contributed by atoms with van der Waals surface area (Å²) in [7, 11) is 0. The lowest BCUT2D eigenvalue weighted by Gasteiger charge is -2.10. The van der Waals surface area contributed by atoms with Crippen molar-refractivity contribution in [2.75, 3.05) is 11.9 Å². The molecule has 0 fully saturated rings. The van der Waals surface area contributed by atoms with Crippen molar-refractivity contribution in [3.8, 4) is 11.4 Å². The Hall–Kier alpha value is -2.93. The lowest BCUT2D eigenvalue weighted by molar-refractivity contribution is -0.116. The fourth-order valence-electron chi connectivity index (χ4n) is 2.25. The Kier molecular flexibility index (Phi) is 5.25. The molecule has 2 aromatic carbocycles. The summed E-state index contributed by atoms with van der Waals surface area (Å²) < 4.78 is 7.07. The van der Waals surface area contributed by atoms with Crippen LogP contribution in [0.25, 0.3) is 5.69 Å². The van der Waals surface area contributed by atoms with Crippen LogP contribution in [0.1, 0.15) is 12.0 Å². The van der Waals surface area contributed by atoms with Crippen molar-refractivity contribution in [1.29, 1.82) is 0 Å². The van der Waals surface area contributed by atoms with E-state index in [2.05, 4.69) is 20.8 Å². The molecule has 1 aromatic heterocycles. The first kappa shape index (κ1) is 16.9. The van der Waals surface area contributed by atoms with Gasteiger partial charge in [0.1, 0.15) is 12.1 Å². The van der Waals surface area contributed by atoms with Crippen LogP contribution in [-0.4, -0.2) is 32.7 Å². The number of amides is 1. The molecule has 0 aliphatic heterocycles. The number of carbonyl (C=O) groups excluding carboxylic acids is 1. The number of halogens is 1. The third kappa shape index (κ3) is 4.54. The summed E-state index contributed by atoms with van der Waals surface area (Å²) in [5, 5.41) is 14.6. The summed E-state index contributed by atoms with van der Waals surface area (Å²) in [6, 6.07) is 12.6. The van der Waals surface area contributed by atoms with E-state index in [0.717, 1.165) is 11.3 Å². The van der Waals surface area contributed by atoms with Gasteiger partial charge in [-0.05, 0) is 53.2 Å². The van der Waals surface area contributed by atoms with Gasteiger partial charge in [0.15, 0.2) is 0 Å². The van der Waals surface area contributed by atoms with Gasteiger partial charge in [-0.25, -0.2) is 4.68 Å². The van der Waals surface area contributed by atoms with Crippen molar-refractivity contribution in [3.63, 3.8) is 0 Å². The van der Waals surface area contributed by atoms with Crippen LogP contribution in [0.3, 0.4) is 0 Å². The van der Waals surface area contributed by atoms with Gasteiger partial charge in [-0.3, -0.25) is 4.79 Å². The molecule has 0 aliphatic carbocycles. The maximum absolute atomic E-state index is 12.1. The summed E-state index contributed by atoms with van der Waals surface area (Å²) in [6.45, 7) is 2.21. The molecular weight excluding hydrogens is 342 g/mol. The van der Waals surface area contributed by atoms with E-state index in [1.807, 2.05) is 25.1 Å². The fourth-order valence-corrected chi connectivity index (χ4v) is 2.43. The fraction of sp³-hybridized carbons (Fsp3) is 0.176. The van der Waals surface area contributed by atoms with Gasteiger partial charge in [0, 0.05) is 10.7 Å². The van der Waals surface area contributed by atoms with Crippen molar-refractivity contribution < 1.29 is 9.53 Å². The van der Waals surface area contributed by atoms with Gasteiger partial charge >= 0.3 is 0 Å². The van der Waals surface area contributed by atoms with Crippen molar-refractivity contribution in [2.45, 2.75) is 13.3 Å². The zero-order valence-corrected chi connectivity index (χ0v) is 14.3. The van der Waals surface area contributed by atoms with E-state index in [1.165, 1.54) is 6.33 Å². The molecule has 8 heteroatoms. The highest BCUT2D eigenvalue weighted by Crippen LogP contribution is 2.19. The monoisotopic (exact) mass is 357 g/mol. The average Bonchev–Trinajstić information content (AvgIpc) is 3.11. The third-order valence-electron chi connectivity index (χ3n) is 3.48. The van der Waals surface area contributed by atoms with Crippen molar-refractivity contribution in [1.82, 2.24) is 20.2 Å². The van der Waals surface area contributed by atoms with Crippen molar-refractivity contribution in [2.24, 2.45) is 0 Å². The molecule has 128 valence electrons. The molecule has 3 aromatic rings. The summed E-state index contributed by atoms with van der Waals surface area (Å²) in [5.41, 5.74) is 2.47. The highest BCUT2D eigenvalue weighted by Gasteiger charge is 2.07. The van der Waals surface area contributed by atoms with Crippen LogP contribution in [0, 0.1) is 6.92 Å². The Labute approximate surface area is 149 Å². The molecule has 0 aliphatic rings. The molecule has 1 heterocycles. The van der Waals surface area contributed by atoms with Crippen LogP contribution in [-0.2, 0) is 4.79 Å². The molecule has 0 atom stereocenters. The van der Waals surface area contributed by atoms with E-state index in [4.69, 9.17) is 16.3 Å². The van der Waals surface area contributed by atoms with Crippen molar-refractivity contribution >= 4 is 23.2 Å². The molecule has 1 N–H and O–H groups in total. The number of nitrogens with zero attached hydrogens (tertiary/aromatic N) is 4. The molecule has 0 saturated heterocycles. The summed E-state index contributed by atoms with van der Waals surface area (Å²) in [5.74, 6) is 0.491. The number of rotatable bonds is 6. The second-order valence-electron chi connectivity index (χ2n) is 5.36. The number of aryl methyl sites for hydroxylation is 1. The number of hydrogen-bond donors (Lipinski definition) is 1. The Bertz CT molecular complexity index is 867. The van der Waals surface area contributed by atoms with Gasteiger partial charge in [0.25, 0.3) is 0 Å². The maximum atomic E-state index is 12.1. The molecule has 0 spiro atoms. The number of ether oxygens (including phenoxy) is 1. The van der Waals surface area contributed by atoms with E-state index in [-0.39, 0.29) is 18.9 Å². The van der Waals surface area contributed by atoms with Gasteiger partial charge in [-0.15, -0.1) is 5.10 Å². The summed E-state index contributed by atoms with van der Waals surface area (Å²) in [6.07, 6.45) is 1.73. The van der Waals surface area contributed by atoms with Gasteiger partial charge in [-0.2, -0.15) is 0 Å². The second-order valence-corrected chi connectivity index (χ2v) is 5.80. The minimum atomic E-state index is -0.145. The minimum Gasteiger partial charge on any atom is -0.493 e. The van der Waals surface area contributed by atoms with Gasteiger partial charge < -0.3 is 10.1 Å². The number of tetrazole rings is 1. The van der Waals surface area contributed by atoms with Crippen LogP contribution in [0.2, 0.25) is 5.02 Å². The normalized spacial score (nSPS) is 10.5. The Morgan fingerprint density at radius 3 is 2.92 bits per heavy atom. The van der Waals surface area contributed by atoms with Crippen LogP contribution >= 0.6 is 11.6 Å². The number of hydrogen-bond acceptors (Lipinski definition) is 5. The average molecular weight is 358 g/mol. The minimum absolute atomic E-state index is 0.145. The SMILES string of the molecule is Cc1ccc(NC(=O)CCOc2cccc(Cl)c2)cc1-n1cnnn1. The molecule has 7 nitrogen and oxygen atoms in total. The smallest absolute Gasteiger partial charge is 0.227 e. The lowest BCUT2D eigenvalue weighted by atomic mass is 10.2. The Morgan fingerprint density at radius 2 is 2.16 bits per heavy atom.